The van der Waals surface area contributed by atoms with Gasteiger partial charge in [0, 0.05) is 58.5 Å². The molecule has 3 amide bonds. The van der Waals surface area contributed by atoms with E-state index in [9.17, 15) is 28.8 Å². The average Bonchev–Trinajstić information content (AvgIpc) is 2.88. The first kappa shape index (κ1) is 33.2. The van der Waals surface area contributed by atoms with Gasteiger partial charge in [-0.2, -0.15) is 0 Å². The fraction of sp³-hybridized carbons (Fsp3) is 0.714. The van der Waals surface area contributed by atoms with Crippen molar-refractivity contribution in [3.8, 4) is 0 Å². The Labute approximate surface area is 214 Å². The molecule has 37 heavy (non-hydrogen) atoms. The Balaban J connectivity index is 4.36. The van der Waals surface area contributed by atoms with Crippen LogP contribution in [0.3, 0.4) is 0 Å². The number of carbonyl (C=O) groups excluding carboxylic acids is 6. The van der Waals surface area contributed by atoms with Gasteiger partial charge in [0.05, 0.1) is 0 Å². The summed E-state index contributed by atoms with van der Waals surface area (Å²) in [4.78, 5) is 69.9. The van der Waals surface area contributed by atoms with E-state index in [0.29, 0.717) is 6.54 Å². The number of carbonyl (C=O) groups is 6. The third-order valence-electron chi connectivity index (χ3n) is 4.13. The van der Waals surface area contributed by atoms with Crippen LogP contribution in [0.15, 0.2) is 0 Å². The highest BCUT2D eigenvalue weighted by Crippen LogP contribution is 1.96. The maximum Gasteiger partial charge on any atom is 0.412 e. The molecule has 0 unspecified atom stereocenters. The predicted octanol–water partition coefficient (Wildman–Crippen LogP) is 0.199. The van der Waals surface area contributed by atoms with Crippen LogP contribution in [0.4, 0.5) is 14.4 Å². The number of hydrogen-bond acceptors (Lipinski definition) is 13. The maximum absolute atomic E-state index is 12.3. The first-order valence-electron chi connectivity index (χ1n) is 11.6. The van der Waals surface area contributed by atoms with Crippen LogP contribution in [0, 0.1) is 0 Å². The molecule has 0 bridgehead atoms. The Bertz CT molecular complexity index is 734. The van der Waals surface area contributed by atoms with Crippen LogP contribution in [0.2, 0.25) is 0 Å². The van der Waals surface area contributed by atoms with Crippen LogP contribution in [0.1, 0.15) is 40.0 Å². The molecule has 0 fully saturated rings. The molecule has 3 N–H and O–H groups in total. The van der Waals surface area contributed by atoms with E-state index >= 15 is 0 Å². The number of ether oxygens (including phenoxy) is 6. The molecular weight excluding hydrogens is 500 g/mol. The zero-order valence-corrected chi connectivity index (χ0v) is 21.3. The first-order chi connectivity index (χ1) is 17.7. The molecule has 0 aliphatic carbocycles. The fourth-order valence-corrected chi connectivity index (χ4v) is 2.12. The zero-order valence-electron chi connectivity index (χ0n) is 21.3. The smallest absolute Gasteiger partial charge is 0.412 e. The summed E-state index contributed by atoms with van der Waals surface area (Å²) in [5.41, 5.74) is 0. The van der Waals surface area contributed by atoms with Crippen LogP contribution in [-0.2, 0) is 42.8 Å². The van der Waals surface area contributed by atoms with E-state index in [1.807, 2.05) is 0 Å². The Morgan fingerprint density at radius 3 is 1.46 bits per heavy atom. The van der Waals surface area contributed by atoms with Crippen molar-refractivity contribution in [3.05, 3.63) is 0 Å². The summed E-state index contributed by atoms with van der Waals surface area (Å²) in [6.07, 6.45) is -1.98. The lowest BCUT2D eigenvalue weighted by Crippen LogP contribution is -2.43. The van der Waals surface area contributed by atoms with Crippen molar-refractivity contribution in [1.82, 2.24) is 20.9 Å². The molecule has 0 heterocycles. The summed E-state index contributed by atoms with van der Waals surface area (Å²) in [7, 11) is 0. The van der Waals surface area contributed by atoms with Gasteiger partial charge in [0.15, 0.2) is 0 Å². The minimum absolute atomic E-state index is 0.0135. The molecule has 0 aliphatic heterocycles. The number of nitrogens with one attached hydrogen (secondary N) is 3. The molecule has 0 rings (SSSR count). The Kier molecular flexibility index (Phi) is 19.2. The normalized spacial score (nSPS) is 9.92. The zero-order chi connectivity index (χ0) is 27.9. The molecule has 0 aromatic heterocycles. The summed E-state index contributed by atoms with van der Waals surface area (Å²) in [6.45, 7) is 4.14. The summed E-state index contributed by atoms with van der Waals surface area (Å²) >= 11 is 0. The summed E-state index contributed by atoms with van der Waals surface area (Å²) < 4.78 is 28.2. The summed E-state index contributed by atoms with van der Waals surface area (Å²) in [6, 6.07) is 0. The van der Waals surface area contributed by atoms with Crippen molar-refractivity contribution in [3.63, 3.8) is 0 Å². The molecule has 16 heteroatoms. The second-order valence-electron chi connectivity index (χ2n) is 6.83. The first-order valence-corrected chi connectivity index (χ1v) is 11.6. The Hall–Kier alpha value is -3.82. The van der Waals surface area contributed by atoms with Crippen LogP contribution in [0.25, 0.3) is 0 Å². The largest absolute Gasteiger partial charge is 0.428 e. The molecule has 0 saturated carbocycles. The minimum Gasteiger partial charge on any atom is -0.428 e. The number of esters is 3. The van der Waals surface area contributed by atoms with Crippen LogP contribution in [0.5, 0.6) is 0 Å². The fourth-order valence-electron chi connectivity index (χ4n) is 2.12. The monoisotopic (exact) mass is 536 g/mol. The lowest BCUT2D eigenvalue weighted by Gasteiger charge is -2.22. The Morgan fingerprint density at radius 1 is 0.541 bits per heavy atom. The van der Waals surface area contributed by atoms with Gasteiger partial charge in [-0.1, -0.05) is 20.8 Å². The molecular formula is C21H36N4O12. The highest BCUT2D eigenvalue weighted by molar-refractivity contribution is 5.71. The quantitative estimate of drug-likeness (QED) is 0.0930. The van der Waals surface area contributed by atoms with Gasteiger partial charge in [0.2, 0.25) is 20.4 Å². The molecule has 0 atom stereocenters. The number of hydrogen-bond donors (Lipinski definition) is 3. The van der Waals surface area contributed by atoms with Crippen LogP contribution in [-0.4, -0.2) is 101 Å². The molecule has 212 valence electrons. The highest BCUT2D eigenvalue weighted by Gasteiger charge is 2.16. The number of alkyl carbamates (subject to hydrolysis) is 2. The SMILES string of the molecule is CCC(=O)OCOC(=O)NCCNCCN(CCNC(=O)OCOC(=O)CC)C(=O)OCOC(=O)CC. The van der Waals surface area contributed by atoms with E-state index in [2.05, 4.69) is 34.9 Å². The van der Waals surface area contributed by atoms with E-state index in [-0.39, 0.29) is 52.0 Å². The third-order valence-corrected chi connectivity index (χ3v) is 4.13. The van der Waals surface area contributed by atoms with Gasteiger partial charge in [-0.15, -0.1) is 0 Å². The standard InChI is InChI=1S/C21H36N4O12/c1-4-16(26)32-13-35-19(29)23-8-7-22-9-11-25(21(31)37-15-34-18(28)6-3)12-10-24-20(30)36-14-33-17(27)5-2/h22H,4-15H2,1-3H3,(H,23,29)(H,24,30). The van der Waals surface area contributed by atoms with Crippen molar-refractivity contribution in [2.45, 2.75) is 40.0 Å². The molecule has 0 spiro atoms. The summed E-state index contributed by atoms with van der Waals surface area (Å²) in [5.74, 6) is -1.56. The van der Waals surface area contributed by atoms with Gasteiger partial charge in [-0.25, -0.2) is 14.4 Å². The van der Waals surface area contributed by atoms with Crippen LogP contribution < -0.4 is 16.0 Å². The lowest BCUT2D eigenvalue weighted by atomic mass is 10.4. The molecule has 0 aliphatic rings. The van der Waals surface area contributed by atoms with Gasteiger partial charge in [0.1, 0.15) is 0 Å². The molecule has 0 aromatic carbocycles. The van der Waals surface area contributed by atoms with E-state index in [0.717, 1.165) is 0 Å². The minimum atomic E-state index is -0.852. The van der Waals surface area contributed by atoms with E-state index < -0.39 is 56.6 Å². The van der Waals surface area contributed by atoms with Crippen molar-refractivity contribution < 1.29 is 57.2 Å². The van der Waals surface area contributed by atoms with Crippen molar-refractivity contribution >= 4 is 36.2 Å². The van der Waals surface area contributed by atoms with E-state index in [1.165, 1.54) is 4.90 Å². The summed E-state index contributed by atoms with van der Waals surface area (Å²) in [5, 5.41) is 7.82. The van der Waals surface area contributed by atoms with Gasteiger partial charge in [-0.05, 0) is 0 Å². The van der Waals surface area contributed by atoms with Gasteiger partial charge in [0.25, 0.3) is 0 Å². The van der Waals surface area contributed by atoms with Gasteiger partial charge < -0.3 is 49.3 Å². The van der Waals surface area contributed by atoms with Gasteiger partial charge >= 0.3 is 36.2 Å². The average molecular weight is 537 g/mol. The number of nitrogens with zero attached hydrogens (tertiary/aromatic N) is 1. The second kappa shape index (κ2) is 21.5. The third kappa shape index (κ3) is 19.1. The second-order valence-corrected chi connectivity index (χ2v) is 6.83. The molecule has 0 saturated heterocycles. The molecule has 0 radical (unpaired) electrons. The molecule has 16 nitrogen and oxygen atoms in total. The van der Waals surface area contributed by atoms with Crippen molar-refractivity contribution in [2.24, 2.45) is 0 Å². The van der Waals surface area contributed by atoms with Gasteiger partial charge in [-0.3, -0.25) is 14.4 Å². The van der Waals surface area contributed by atoms with Crippen molar-refractivity contribution in [2.75, 3.05) is 59.6 Å². The highest BCUT2D eigenvalue weighted by atomic mass is 16.7. The topological polar surface area (TPSA) is 197 Å². The predicted molar refractivity (Wildman–Crippen MR) is 124 cm³/mol. The number of amides is 3. The van der Waals surface area contributed by atoms with Crippen molar-refractivity contribution in [1.29, 1.82) is 0 Å². The van der Waals surface area contributed by atoms with Crippen LogP contribution >= 0.6 is 0 Å². The number of rotatable bonds is 18. The van der Waals surface area contributed by atoms with E-state index in [1.54, 1.807) is 20.8 Å². The maximum atomic E-state index is 12.3. The Morgan fingerprint density at radius 2 is 0.973 bits per heavy atom. The molecule has 0 aromatic rings. The lowest BCUT2D eigenvalue weighted by molar-refractivity contribution is -0.153. The van der Waals surface area contributed by atoms with E-state index in [4.69, 9.17) is 9.47 Å².